The van der Waals surface area contributed by atoms with Crippen LogP contribution in [0.4, 0.5) is 0 Å². The number of carboxylic acids is 2. The Labute approximate surface area is 359 Å². The zero-order chi connectivity index (χ0) is 47.0. The lowest BCUT2D eigenvalue weighted by atomic mass is 10.1. The Morgan fingerprint density at radius 2 is 1.06 bits per heavy atom. The van der Waals surface area contributed by atoms with Crippen LogP contribution in [0.15, 0.2) is 60.7 Å². The predicted molar refractivity (Wildman–Crippen MR) is 223 cm³/mol. The number of amides is 8. The van der Waals surface area contributed by atoms with Crippen molar-refractivity contribution in [2.24, 2.45) is 11.5 Å². The lowest BCUT2D eigenvalue weighted by Gasteiger charge is -2.20. The first kappa shape index (κ1) is 55.1. The Morgan fingerprint density at radius 1 is 0.613 bits per heavy atom. The van der Waals surface area contributed by atoms with Crippen molar-refractivity contribution < 1.29 is 62.9 Å². The van der Waals surface area contributed by atoms with E-state index in [2.05, 4.69) is 61.0 Å². The van der Waals surface area contributed by atoms with Gasteiger partial charge in [0.2, 0.25) is 47.3 Å². The Morgan fingerprint density at radius 3 is 1.50 bits per heavy atom. The largest absolute Gasteiger partial charge is 0.481 e. The van der Waals surface area contributed by atoms with Gasteiger partial charge in [0.25, 0.3) is 0 Å². The van der Waals surface area contributed by atoms with E-state index in [9.17, 15) is 47.9 Å². The number of hydrogen-bond acceptors (Lipinski definition) is 12. The first-order valence-corrected chi connectivity index (χ1v) is 19.3. The van der Waals surface area contributed by atoms with Crippen molar-refractivity contribution in [3.63, 3.8) is 0 Å². The Kier molecular flexibility index (Phi) is 28.3. The highest BCUT2D eigenvalue weighted by Crippen LogP contribution is 2.04. The van der Waals surface area contributed by atoms with Crippen LogP contribution in [0.3, 0.4) is 0 Å². The molecule has 342 valence electrons. The van der Waals surface area contributed by atoms with Crippen LogP contribution in [0.2, 0.25) is 0 Å². The van der Waals surface area contributed by atoms with E-state index in [1.54, 1.807) is 44.4 Å². The van der Waals surface area contributed by atoms with Gasteiger partial charge in [-0.05, 0) is 32.3 Å². The molecule has 2 aromatic carbocycles. The summed E-state index contributed by atoms with van der Waals surface area (Å²) < 4.78 is 4.54. The van der Waals surface area contributed by atoms with Crippen molar-refractivity contribution in [1.82, 2.24) is 37.2 Å². The topological polar surface area (TPSA) is 357 Å². The summed E-state index contributed by atoms with van der Waals surface area (Å²) >= 11 is 0. The number of ether oxygens (including phenoxy) is 1. The molecule has 22 nitrogen and oxygen atoms in total. The molecule has 2 aromatic rings. The number of carboxylic acid groups (broad SMARTS) is 2. The highest BCUT2D eigenvalue weighted by molar-refractivity contribution is 5.95. The summed E-state index contributed by atoms with van der Waals surface area (Å²) in [5.74, 6) is -9.47. The molecule has 0 aromatic heterocycles. The number of aliphatic carboxylic acids is 2. The average Bonchev–Trinajstić information content (AvgIpc) is 3.24. The van der Waals surface area contributed by atoms with Crippen LogP contribution in [-0.2, 0) is 59.1 Å². The molecule has 62 heavy (non-hydrogen) atoms. The molecule has 0 heterocycles. The Hall–Kier alpha value is -6.94. The number of carbonyl (C=O) groups excluding carboxylic acids is 8. The summed E-state index contributed by atoms with van der Waals surface area (Å²) in [6.07, 6.45) is -1.28. The Balaban J connectivity index is 0.00000294. The van der Waals surface area contributed by atoms with Crippen LogP contribution >= 0.6 is 0 Å². The molecule has 0 aliphatic rings. The molecule has 0 spiro atoms. The van der Waals surface area contributed by atoms with Crippen LogP contribution < -0.4 is 48.7 Å². The molecular weight excluding hydrogens is 814 g/mol. The van der Waals surface area contributed by atoms with Gasteiger partial charge in [0.1, 0.15) is 18.1 Å². The SMILES string of the molecule is CCC(N)C(=O)NC(CCC(=O)O)C(=O)NCC(=O)NCC(=O)NCC(=O)NC(Cc1ccccc1)C(=O)NCC(=O)N[C@@H](CC(=O)O)C(N)=O.CCOC.Cc1ccccc1. The number of methoxy groups -OCH3 is 1. The second-order valence-corrected chi connectivity index (χ2v) is 13.2. The average molecular weight is 874 g/mol. The zero-order valence-electron chi connectivity index (χ0n) is 35.2. The van der Waals surface area contributed by atoms with E-state index in [1.165, 1.54) is 5.56 Å². The third-order valence-corrected chi connectivity index (χ3v) is 8.02. The number of aryl methyl sites for hydroxylation is 1. The van der Waals surface area contributed by atoms with Crippen molar-refractivity contribution >= 4 is 59.2 Å². The molecule has 0 fully saturated rings. The third-order valence-electron chi connectivity index (χ3n) is 8.02. The molecule has 0 bridgehead atoms. The standard InChI is InChI=1S/C30H43N9O12.C7H8.C3H8O/c1-2-17(31)28(49)39-18(8-9-25(44)45)29(50)35-13-22(41)33-12-21(40)34-14-23(42)38-20(10-16-6-4-3-5-7-16)30(51)36-15-24(43)37-19(27(32)48)11-26(46)47;1-7-5-3-2-4-6-7;1-3-4-2/h3-7,17-20H,2,8-15,31H2,1H3,(H2,32,48)(H,33,41)(H,34,40)(H,35,50)(H,36,51)(H,37,43)(H,38,42)(H,39,49)(H,44,45)(H,46,47);2-6H,1H3;3H2,1-2H3/t17?,18?,19-,20?;;/m0../s1. The summed E-state index contributed by atoms with van der Waals surface area (Å²) in [5, 5.41) is 33.6. The first-order chi connectivity index (χ1) is 29.3. The van der Waals surface area contributed by atoms with E-state index in [1.807, 2.05) is 25.1 Å². The van der Waals surface area contributed by atoms with Crippen molar-refractivity contribution in [3.8, 4) is 0 Å². The van der Waals surface area contributed by atoms with Gasteiger partial charge in [-0.2, -0.15) is 0 Å². The van der Waals surface area contributed by atoms with E-state index in [4.69, 9.17) is 21.7 Å². The van der Waals surface area contributed by atoms with Crippen LogP contribution in [-0.4, -0.2) is 133 Å². The van der Waals surface area contributed by atoms with E-state index < -0.39 is 122 Å². The number of primary amides is 1. The van der Waals surface area contributed by atoms with Gasteiger partial charge in [-0.1, -0.05) is 73.2 Å². The second kappa shape index (κ2) is 31.9. The van der Waals surface area contributed by atoms with Crippen molar-refractivity contribution in [2.45, 2.75) is 77.0 Å². The lowest BCUT2D eigenvalue weighted by molar-refractivity contribution is -0.140. The summed E-state index contributed by atoms with van der Waals surface area (Å²) in [5.41, 5.74) is 12.7. The highest BCUT2D eigenvalue weighted by atomic mass is 16.5. The molecule has 0 radical (unpaired) electrons. The van der Waals surface area contributed by atoms with Crippen LogP contribution in [0, 0.1) is 6.92 Å². The molecule has 0 saturated heterocycles. The first-order valence-electron chi connectivity index (χ1n) is 19.3. The van der Waals surface area contributed by atoms with Gasteiger partial charge in [0.05, 0.1) is 38.6 Å². The maximum Gasteiger partial charge on any atom is 0.305 e. The minimum Gasteiger partial charge on any atom is -0.481 e. The monoisotopic (exact) mass is 873 g/mol. The summed E-state index contributed by atoms with van der Waals surface area (Å²) in [6, 6.07) is 13.7. The quantitative estimate of drug-likeness (QED) is 0.0514. The van der Waals surface area contributed by atoms with Crippen molar-refractivity contribution in [1.29, 1.82) is 0 Å². The van der Waals surface area contributed by atoms with Gasteiger partial charge in [-0.3, -0.25) is 47.9 Å². The molecule has 4 atom stereocenters. The van der Waals surface area contributed by atoms with E-state index in [0.29, 0.717) is 5.56 Å². The van der Waals surface area contributed by atoms with Gasteiger partial charge in [0, 0.05) is 26.6 Å². The fraction of sp³-hybridized carbons (Fsp3) is 0.450. The summed E-state index contributed by atoms with van der Waals surface area (Å²) in [4.78, 5) is 120. The number of carbonyl (C=O) groups is 10. The van der Waals surface area contributed by atoms with Crippen LogP contribution in [0.25, 0.3) is 0 Å². The van der Waals surface area contributed by atoms with Crippen molar-refractivity contribution in [3.05, 3.63) is 71.8 Å². The van der Waals surface area contributed by atoms with Gasteiger partial charge in [0.15, 0.2) is 0 Å². The van der Waals surface area contributed by atoms with E-state index >= 15 is 0 Å². The van der Waals surface area contributed by atoms with Crippen molar-refractivity contribution in [2.75, 3.05) is 39.9 Å². The smallest absolute Gasteiger partial charge is 0.305 e. The molecule has 22 heteroatoms. The lowest BCUT2D eigenvalue weighted by Crippen LogP contribution is -2.54. The minimum atomic E-state index is -1.52. The molecule has 0 aliphatic heterocycles. The van der Waals surface area contributed by atoms with E-state index in [-0.39, 0.29) is 19.3 Å². The molecule has 3 unspecified atom stereocenters. The summed E-state index contributed by atoms with van der Waals surface area (Å²) in [7, 11) is 1.68. The zero-order valence-corrected chi connectivity index (χ0v) is 35.2. The summed E-state index contributed by atoms with van der Waals surface area (Å²) in [6.45, 7) is 3.92. The maximum atomic E-state index is 12.9. The number of hydrogen-bond donors (Lipinski definition) is 11. The maximum absolute atomic E-state index is 12.9. The normalized spacial score (nSPS) is 12.0. The highest BCUT2D eigenvalue weighted by Gasteiger charge is 2.26. The molecule has 2 rings (SSSR count). The number of nitrogens with two attached hydrogens (primary N) is 2. The molecule has 0 aliphatic carbocycles. The number of nitrogens with one attached hydrogen (secondary N) is 7. The second-order valence-electron chi connectivity index (χ2n) is 13.2. The minimum absolute atomic E-state index is 0.0368. The van der Waals surface area contributed by atoms with E-state index in [0.717, 1.165) is 6.61 Å². The molecule has 0 saturated carbocycles. The predicted octanol–water partition coefficient (Wildman–Crippen LogP) is -2.64. The van der Waals surface area contributed by atoms with Gasteiger partial charge in [-0.15, -0.1) is 0 Å². The third kappa shape index (κ3) is 26.9. The van der Waals surface area contributed by atoms with Crippen LogP contribution in [0.1, 0.15) is 50.7 Å². The van der Waals surface area contributed by atoms with Crippen LogP contribution in [0.5, 0.6) is 0 Å². The fourth-order valence-electron chi connectivity index (χ4n) is 4.55. The number of rotatable bonds is 24. The molecule has 8 amide bonds. The Bertz CT molecular complexity index is 1760. The fourth-order valence-corrected chi connectivity index (χ4v) is 4.55. The number of benzene rings is 2. The van der Waals surface area contributed by atoms with Gasteiger partial charge >= 0.3 is 11.9 Å². The van der Waals surface area contributed by atoms with Gasteiger partial charge in [-0.25, -0.2) is 0 Å². The van der Waals surface area contributed by atoms with Gasteiger partial charge < -0.3 is 63.6 Å². The molecule has 13 N–H and O–H groups in total. The molecular formula is C40H59N9O13.